The third-order valence-electron chi connectivity index (χ3n) is 2.84. The van der Waals surface area contributed by atoms with Crippen molar-refractivity contribution >= 4 is 0 Å². The first-order valence-electron chi connectivity index (χ1n) is 5.04. The summed E-state index contributed by atoms with van der Waals surface area (Å²) >= 11 is 0. The molecule has 0 N–H and O–H groups in total. The standard InChI is InChI=1S/C10H19NO/c1-9(2,3)11-10(12-11)7-5-4-6-8-10/h4-8H2,1-3H3. The van der Waals surface area contributed by atoms with Crippen molar-refractivity contribution < 1.29 is 4.84 Å². The molecule has 0 bridgehead atoms. The molecule has 0 amide bonds. The molecule has 12 heavy (non-hydrogen) atoms. The van der Waals surface area contributed by atoms with Crippen molar-refractivity contribution in [3.05, 3.63) is 0 Å². The fraction of sp³-hybridized carbons (Fsp3) is 1.00. The first-order valence-corrected chi connectivity index (χ1v) is 5.04. The van der Waals surface area contributed by atoms with Gasteiger partial charge in [0.05, 0.1) is 0 Å². The first kappa shape index (κ1) is 8.52. The Hall–Kier alpha value is -0.0800. The number of hydrogen-bond acceptors (Lipinski definition) is 2. The van der Waals surface area contributed by atoms with Crippen molar-refractivity contribution in [2.24, 2.45) is 0 Å². The maximum atomic E-state index is 5.74. The number of hydrogen-bond donors (Lipinski definition) is 0. The summed E-state index contributed by atoms with van der Waals surface area (Å²) in [6.45, 7) is 6.66. The summed E-state index contributed by atoms with van der Waals surface area (Å²) in [6, 6.07) is 0. The fourth-order valence-corrected chi connectivity index (χ4v) is 2.30. The highest BCUT2D eigenvalue weighted by Gasteiger charge is 2.59. The lowest BCUT2D eigenvalue weighted by atomic mass is 9.92. The average Bonchev–Trinajstić information content (AvgIpc) is 2.65. The summed E-state index contributed by atoms with van der Waals surface area (Å²) < 4.78 is 0. The summed E-state index contributed by atoms with van der Waals surface area (Å²) in [6.07, 6.45) is 6.55. The Morgan fingerprint density at radius 1 is 1.08 bits per heavy atom. The van der Waals surface area contributed by atoms with Gasteiger partial charge in [-0.25, -0.2) is 0 Å². The van der Waals surface area contributed by atoms with Crippen LogP contribution in [0.5, 0.6) is 0 Å². The number of nitrogens with zero attached hydrogens (tertiary/aromatic N) is 1. The smallest absolute Gasteiger partial charge is 0.165 e. The largest absolute Gasteiger partial charge is 0.271 e. The maximum absolute atomic E-state index is 5.74. The molecule has 0 aromatic carbocycles. The minimum Gasteiger partial charge on any atom is -0.271 e. The Labute approximate surface area is 74.8 Å². The van der Waals surface area contributed by atoms with Gasteiger partial charge in [-0.2, -0.15) is 0 Å². The van der Waals surface area contributed by atoms with Crippen LogP contribution in [0.1, 0.15) is 52.9 Å². The van der Waals surface area contributed by atoms with E-state index in [1.54, 1.807) is 0 Å². The van der Waals surface area contributed by atoms with E-state index in [1.807, 2.05) is 0 Å². The summed E-state index contributed by atoms with van der Waals surface area (Å²) in [5.41, 5.74) is 0.355. The van der Waals surface area contributed by atoms with Gasteiger partial charge in [-0.3, -0.25) is 4.84 Å². The molecule has 1 spiro atoms. The van der Waals surface area contributed by atoms with Crippen LogP contribution in [0.3, 0.4) is 0 Å². The van der Waals surface area contributed by atoms with Crippen molar-refractivity contribution in [2.75, 3.05) is 0 Å². The van der Waals surface area contributed by atoms with Gasteiger partial charge in [-0.05, 0) is 46.5 Å². The molecular formula is C10H19NO. The van der Waals surface area contributed by atoms with Crippen LogP contribution in [0.15, 0.2) is 0 Å². The van der Waals surface area contributed by atoms with E-state index in [2.05, 4.69) is 25.8 Å². The lowest BCUT2D eigenvalue weighted by Gasteiger charge is -2.23. The molecule has 1 aliphatic carbocycles. The molecule has 2 nitrogen and oxygen atoms in total. The Bertz CT molecular complexity index is 177. The molecule has 2 aliphatic rings. The first-order chi connectivity index (χ1) is 5.55. The zero-order valence-corrected chi connectivity index (χ0v) is 8.39. The molecular weight excluding hydrogens is 150 g/mol. The van der Waals surface area contributed by atoms with E-state index in [-0.39, 0.29) is 11.3 Å². The Morgan fingerprint density at radius 3 is 2.08 bits per heavy atom. The Balaban J connectivity index is 1.99. The Kier molecular flexibility index (Phi) is 1.74. The van der Waals surface area contributed by atoms with Crippen LogP contribution in [0.25, 0.3) is 0 Å². The van der Waals surface area contributed by atoms with E-state index >= 15 is 0 Å². The molecule has 70 valence electrons. The van der Waals surface area contributed by atoms with Gasteiger partial charge < -0.3 is 0 Å². The van der Waals surface area contributed by atoms with Gasteiger partial charge in [0.2, 0.25) is 0 Å². The molecule has 1 saturated carbocycles. The number of hydroxylamine groups is 2. The zero-order valence-electron chi connectivity index (χ0n) is 8.39. The molecule has 0 aromatic heterocycles. The lowest BCUT2D eigenvalue weighted by molar-refractivity contribution is 0.101. The summed E-state index contributed by atoms with van der Waals surface area (Å²) in [4.78, 5) is 5.74. The topological polar surface area (TPSA) is 15.5 Å². The summed E-state index contributed by atoms with van der Waals surface area (Å²) in [5.74, 6) is 0. The van der Waals surface area contributed by atoms with E-state index in [9.17, 15) is 0 Å². The van der Waals surface area contributed by atoms with Crippen LogP contribution in [-0.4, -0.2) is 16.3 Å². The van der Waals surface area contributed by atoms with E-state index < -0.39 is 0 Å². The van der Waals surface area contributed by atoms with Gasteiger partial charge in [-0.15, -0.1) is 5.06 Å². The minimum absolute atomic E-state index is 0.163. The quantitative estimate of drug-likeness (QED) is 0.518. The lowest BCUT2D eigenvalue weighted by Crippen LogP contribution is -2.34. The highest BCUT2D eigenvalue weighted by Crippen LogP contribution is 2.50. The summed E-state index contributed by atoms with van der Waals surface area (Å²) in [5, 5.41) is 2.19. The molecule has 1 saturated heterocycles. The second kappa shape index (κ2) is 2.46. The van der Waals surface area contributed by atoms with Crippen molar-refractivity contribution in [2.45, 2.75) is 64.1 Å². The van der Waals surface area contributed by atoms with Crippen LogP contribution < -0.4 is 0 Å². The predicted octanol–water partition coefficient (Wildman–Crippen LogP) is 2.69. The highest BCUT2D eigenvalue weighted by atomic mass is 16.9. The van der Waals surface area contributed by atoms with Gasteiger partial charge in [0.1, 0.15) is 0 Å². The van der Waals surface area contributed by atoms with E-state index in [0.717, 1.165) is 0 Å². The Morgan fingerprint density at radius 2 is 1.67 bits per heavy atom. The second-order valence-corrected chi connectivity index (χ2v) is 5.06. The molecule has 2 rings (SSSR count). The maximum Gasteiger partial charge on any atom is 0.165 e. The number of rotatable bonds is 0. The van der Waals surface area contributed by atoms with Gasteiger partial charge in [0, 0.05) is 5.54 Å². The highest BCUT2D eigenvalue weighted by molar-refractivity contribution is 4.95. The van der Waals surface area contributed by atoms with Crippen LogP contribution in [0.2, 0.25) is 0 Å². The third kappa shape index (κ3) is 1.27. The molecule has 1 aliphatic heterocycles. The van der Waals surface area contributed by atoms with Gasteiger partial charge in [0.15, 0.2) is 5.72 Å². The molecule has 1 unspecified atom stereocenters. The van der Waals surface area contributed by atoms with E-state index in [4.69, 9.17) is 4.84 Å². The van der Waals surface area contributed by atoms with Crippen LogP contribution in [0, 0.1) is 0 Å². The summed E-state index contributed by atoms with van der Waals surface area (Å²) in [7, 11) is 0. The molecule has 0 aromatic rings. The molecule has 2 fully saturated rings. The van der Waals surface area contributed by atoms with Crippen molar-refractivity contribution in [1.82, 2.24) is 5.06 Å². The van der Waals surface area contributed by atoms with Gasteiger partial charge in [0.25, 0.3) is 0 Å². The van der Waals surface area contributed by atoms with Crippen molar-refractivity contribution in [3.63, 3.8) is 0 Å². The second-order valence-electron chi connectivity index (χ2n) is 5.06. The molecule has 1 heterocycles. The monoisotopic (exact) mass is 169 g/mol. The molecule has 2 heteroatoms. The van der Waals surface area contributed by atoms with Crippen LogP contribution >= 0.6 is 0 Å². The third-order valence-corrected chi connectivity index (χ3v) is 2.84. The molecule has 0 radical (unpaired) electrons. The predicted molar refractivity (Wildman–Crippen MR) is 48.5 cm³/mol. The van der Waals surface area contributed by atoms with Crippen LogP contribution in [0.4, 0.5) is 0 Å². The van der Waals surface area contributed by atoms with E-state index in [0.29, 0.717) is 0 Å². The van der Waals surface area contributed by atoms with Crippen LogP contribution in [-0.2, 0) is 4.84 Å². The van der Waals surface area contributed by atoms with Gasteiger partial charge >= 0.3 is 0 Å². The van der Waals surface area contributed by atoms with Crippen molar-refractivity contribution in [3.8, 4) is 0 Å². The molecule has 1 atom stereocenters. The van der Waals surface area contributed by atoms with Crippen molar-refractivity contribution in [1.29, 1.82) is 0 Å². The zero-order chi connectivity index (χ0) is 8.82. The minimum atomic E-state index is 0.163. The normalized spacial score (nSPS) is 33.8. The van der Waals surface area contributed by atoms with Gasteiger partial charge in [-0.1, -0.05) is 6.42 Å². The average molecular weight is 169 g/mol. The van der Waals surface area contributed by atoms with E-state index in [1.165, 1.54) is 32.1 Å². The fourth-order valence-electron chi connectivity index (χ4n) is 2.30. The SMILES string of the molecule is CC(C)(C)N1OC12CCCCC2.